The predicted molar refractivity (Wildman–Crippen MR) is 98.4 cm³/mol. The molecule has 1 saturated carbocycles. The van der Waals surface area contributed by atoms with Crippen molar-refractivity contribution in [3.8, 4) is 11.8 Å². The van der Waals surface area contributed by atoms with Crippen LogP contribution in [0.5, 0.6) is 5.75 Å². The zero-order valence-corrected chi connectivity index (χ0v) is 15.3. The van der Waals surface area contributed by atoms with E-state index in [0.717, 1.165) is 37.0 Å². The molecule has 0 spiro atoms. The summed E-state index contributed by atoms with van der Waals surface area (Å²) < 4.78 is 5.13. The van der Waals surface area contributed by atoms with Crippen molar-refractivity contribution in [2.75, 3.05) is 13.7 Å². The Balaban J connectivity index is 1.95. The summed E-state index contributed by atoms with van der Waals surface area (Å²) >= 11 is 0. The molecule has 1 atom stereocenters. The zero-order valence-electron chi connectivity index (χ0n) is 15.3. The van der Waals surface area contributed by atoms with Crippen molar-refractivity contribution in [1.82, 2.24) is 10.6 Å². The van der Waals surface area contributed by atoms with Crippen LogP contribution in [0.25, 0.3) is 0 Å². The van der Waals surface area contributed by atoms with Gasteiger partial charge in [-0.2, -0.15) is 5.26 Å². The summed E-state index contributed by atoms with van der Waals surface area (Å²) in [6, 6.07) is 9.12. The molecule has 2 N–H and O–H groups in total. The van der Waals surface area contributed by atoms with Gasteiger partial charge in [0.25, 0.3) is 0 Å². The minimum absolute atomic E-state index is 0.00395. The van der Waals surface area contributed by atoms with Crippen LogP contribution in [-0.4, -0.2) is 31.5 Å². The first kappa shape index (κ1) is 19.8. The van der Waals surface area contributed by atoms with Gasteiger partial charge in [-0.15, -0.1) is 0 Å². The van der Waals surface area contributed by atoms with Gasteiger partial charge in [-0.3, -0.25) is 9.59 Å². The van der Waals surface area contributed by atoms with Crippen LogP contribution in [0.4, 0.5) is 0 Å². The number of rotatable bonds is 8. The molecule has 0 aliphatic heterocycles. The monoisotopic (exact) mass is 357 g/mol. The Labute approximate surface area is 154 Å². The smallest absolute Gasteiger partial charge is 0.224 e. The van der Waals surface area contributed by atoms with Crippen LogP contribution in [0.3, 0.4) is 0 Å². The maximum absolute atomic E-state index is 12.5. The van der Waals surface area contributed by atoms with Crippen LogP contribution in [0.2, 0.25) is 0 Å². The number of carbonyl (C=O) groups is 2. The largest absolute Gasteiger partial charge is 0.497 e. The molecule has 1 aliphatic carbocycles. The van der Waals surface area contributed by atoms with E-state index in [2.05, 4.69) is 10.6 Å². The van der Waals surface area contributed by atoms with E-state index in [0.29, 0.717) is 5.92 Å². The van der Waals surface area contributed by atoms with Gasteiger partial charge < -0.3 is 15.4 Å². The third-order valence-corrected chi connectivity index (χ3v) is 4.86. The first-order valence-electron chi connectivity index (χ1n) is 9.18. The minimum Gasteiger partial charge on any atom is -0.497 e. The lowest BCUT2D eigenvalue weighted by Crippen LogP contribution is -2.45. The van der Waals surface area contributed by atoms with Crippen LogP contribution < -0.4 is 15.4 Å². The quantitative estimate of drug-likeness (QED) is 0.699. The first-order chi connectivity index (χ1) is 12.6. The van der Waals surface area contributed by atoms with Gasteiger partial charge in [-0.25, -0.2) is 0 Å². The minimum atomic E-state index is -0.188. The van der Waals surface area contributed by atoms with Gasteiger partial charge in [0, 0.05) is 12.5 Å². The van der Waals surface area contributed by atoms with E-state index in [1.165, 1.54) is 6.42 Å². The summed E-state index contributed by atoms with van der Waals surface area (Å²) in [5, 5.41) is 14.2. The van der Waals surface area contributed by atoms with Crippen molar-refractivity contribution in [1.29, 1.82) is 5.26 Å². The van der Waals surface area contributed by atoms with E-state index >= 15 is 0 Å². The fraction of sp³-hybridized carbons (Fsp3) is 0.550. The van der Waals surface area contributed by atoms with Gasteiger partial charge in [-0.05, 0) is 36.5 Å². The molecule has 26 heavy (non-hydrogen) atoms. The lowest BCUT2D eigenvalue weighted by molar-refractivity contribution is -0.124. The Bertz CT molecular complexity index is 631. The van der Waals surface area contributed by atoms with E-state index in [1.54, 1.807) is 7.11 Å². The Hall–Kier alpha value is -2.55. The van der Waals surface area contributed by atoms with Gasteiger partial charge in [0.15, 0.2) is 0 Å². The van der Waals surface area contributed by atoms with Gasteiger partial charge in [0.05, 0.1) is 19.6 Å². The highest BCUT2D eigenvalue weighted by atomic mass is 16.5. The maximum Gasteiger partial charge on any atom is 0.224 e. The topological polar surface area (TPSA) is 91.2 Å². The van der Waals surface area contributed by atoms with Crippen molar-refractivity contribution in [2.24, 2.45) is 5.92 Å². The lowest BCUT2D eigenvalue weighted by atomic mass is 9.82. The summed E-state index contributed by atoms with van der Waals surface area (Å²) in [6.07, 6.45) is 6.03. The number of benzene rings is 1. The molecule has 1 fully saturated rings. The van der Waals surface area contributed by atoms with E-state index in [9.17, 15) is 9.59 Å². The maximum atomic E-state index is 12.5. The van der Waals surface area contributed by atoms with Gasteiger partial charge in [0.1, 0.15) is 12.3 Å². The molecule has 0 saturated heterocycles. The van der Waals surface area contributed by atoms with Crippen LogP contribution in [-0.2, 0) is 16.0 Å². The van der Waals surface area contributed by atoms with Crippen molar-refractivity contribution < 1.29 is 14.3 Å². The molecule has 0 aromatic heterocycles. The molecule has 1 aromatic rings. The molecule has 2 rings (SSSR count). The second kappa shape index (κ2) is 10.4. The molecule has 6 heteroatoms. The number of amides is 2. The summed E-state index contributed by atoms with van der Waals surface area (Å²) in [5.74, 6) is 0.797. The fourth-order valence-electron chi connectivity index (χ4n) is 3.47. The lowest BCUT2D eigenvalue weighted by Gasteiger charge is -2.30. The average molecular weight is 357 g/mol. The van der Waals surface area contributed by atoms with Crippen LogP contribution >= 0.6 is 0 Å². The highest BCUT2D eigenvalue weighted by molar-refractivity contribution is 5.81. The summed E-state index contributed by atoms with van der Waals surface area (Å²) in [5.41, 5.74) is 0.902. The second-order valence-corrected chi connectivity index (χ2v) is 6.74. The Morgan fingerprint density at radius 2 is 1.88 bits per heavy atom. The van der Waals surface area contributed by atoms with Crippen molar-refractivity contribution in [2.45, 2.75) is 51.0 Å². The Kier molecular flexibility index (Phi) is 7.94. The molecule has 6 nitrogen and oxygen atoms in total. The number of ether oxygens (including phenoxy) is 1. The second-order valence-electron chi connectivity index (χ2n) is 6.74. The predicted octanol–water partition coefficient (Wildman–Crippen LogP) is 2.33. The molecule has 1 aliphatic rings. The normalized spacial score (nSPS) is 15.5. The van der Waals surface area contributed by atoms with E-state index < -0.39 is 0 Å². The van der Waals surface area contributed by atoms with Crippen molar-refractivity contribution in [3.63, 3.8) is 0 Å². The number of hydrogen-bond acceptors (Lipinski definition) is 4. The Morgan fingerprint density at radius 1 is 1.19 bits per heavy atom. The third-order valence-electron chi connectivity index (χ3n) is 4.86. The highest BCUT2D eigenvalue weighted by Crippen LogP contribution is 2.28. The van der Waals surface area contributed by atoms with Gasteiger partial charge in [-0.1, -0.05) is 31.4 Å². The molecule has 140 valence electrons. The molecule has 0 bridgehead atoms. The number of methoxy groups -OCH3 is 1. The summed E-state index contributed by atoms with van der Waals surface area (Å²) in [7, 11) is 1.61. The molecule has 2 amide bonds. The van der Waals surface area contributed by atoms with E-state index in [4.69, 9.17) is 10.00 Å². The number of nitrogens with zero attached hydrogens (tertiary/aromatic N) is 1. The number of nitriles is 1. The average Bonchev–Trinajstić information content (AvgIpc) is 2.67. The fourth-order valence-corrected chi connectivity index (χ4v) is 3.47. The van der Waals surface area contributed by atoms with Crippen LogP contribution in [0, 0.1) is 17.2 Å². The molecule has 1 aromatic carbocycles. The summed E-state index contributed by atoms with van der Waals surface area (Å²) in [4.78, 5) is 24.5. The van der Waals surface area contributed by atoms with Gasteiger partial charge in [0.2, 0.25) is 11.8 Å². The van der Waals surface area contributed by atoms with E-state index in [-0.39, 0.29) is 37.2 Å². The molecule has 1 unspecified atom stereocenters. The number of hydrogen-bond donors (Lipinski definition) is 2. The van der Waals surface area contributed by atoms with Gasteiger partial charge >= 0.3 is 0 Å². The molecule has 0 radical (unpaired) electrons. The molecule has 0 heterocycles. The van der Waals surface area contributed by atoms with E-state index in [1.807, 2.05) is 30.3 Å². The molecular formula is C20H27N3O3. The van der Waals surface area contributed by atoms with Crippen LogP contribution in [0.1, 0.15) is 44.1 Å². The Morgan fingerprint density at radius 3 is 2.50 bits per heavy atom. The van der Waals surface area contributed by atoms with Crippen molar-refractivity contribution in [3.05, 3.63) is 29.8 Å². The number of carbonyl (C=O) groups excluding carboxylic acids is 2. The molecular weight excluding hydrogens is 330 g/mol. The SMILES string of the molecule is COc1ccc(CC(=O)NC(CC(=O)NCC#N)C2CCCCC2)cc1. The van der Waals surface area contributed by atoms with Crippen LogP contribution in [0.15, 0.2) is 24.3 Å². The first-order valence-corrected chi connectivity index (χ1v) is 9.18. The summed E-state index contributed by atoms with van der Waals surface area (Å²) in [6.45, 7) is -0.00395. The highest BCUT2D eigenvalue weighted by Gasteiger charge is 2.27. The number of nitrogens with one attached hydrogen (secondary N) is 2. The standard InChI is InChI=1S/C20H27N3O3/c1-26-17-9-7-15(8-10-17)13-20(25)23-18(14-19(24)22-12-11-21)16-5-3-2-4-6-16/h7-10,16,18H,2-6,12-14H2,1H3,(H,22,24)(H,23,25). The zero-order chi connectivity index (χ0) is 18.8. The third kappa shape index (κ3) is 6.40. The van der Waals surface area contributed by atoms with Crippen molar-refractivity contribution >= 4 is 11.8 Å².